The molecule has 1 aliphatic heterocycles. The normalized spacial score (nSPS) is 23.3. The molecule has 1 rings (SSSR count). The maximum absolute atomic E-state index is 8.75. The molecule has 0 aliphatic carbocycles. The van der Waals surface area contributed by atoms with E-state index >= 15 is 0 Å². The van der Waals surface area contributed by atoms with Crippen LogP contribution in [0.15, 0.2) is 0 Å². The lowest BCUT2D eigenvalue weighted by Crippen LogP contribution is -2.43. The van der Waals surface area contributed by atoms with E-state index in [9.17, 15) is 0 Å². The second-order valence-electron chi connectivity index (χ2n) is 3.62. The van der Waals surface area contributed by atoms with Gasteiger partial charge in [0, 0.05) is 12.5 Å². The first-order valence-electron chi connectivity index (χ1n) is 5.15. The van der Waals surface area contributed by atoms with Crippen LogP contribution in [0.1, 0.15) is 33.1 Å². The molecule has 0 spiro atoms. The Kier molecular flexibility index (Phi) is 4.16. The maximum Gasteiger partial charge on any atom is 0.167 e. The van der Waals surface area contributed by atoms with Crippen LogP contribution in [-0.2, 0) is 9.47 Å². The highest BCUT2D eigenvalue weighted by Gasteiger charge is 2.33. The van der Waals surface area contributed by atoms with E-state index in [1.165, 1.54) is 0 Å². The number of rotatable bonds is 4. The van der Waals surface area contributed by atoms with Crippen molar-refractivity contribution < 1.29 is 14.6 Å². The third-order valence-corrected chi connectivity index (χ3v) is 2.78. The largest absolute Gasteiger partial charge is 0.396 e. The number of aliphatic hydroxyl groups excluding tert-OH is 1. The van der Waals surface area contributed by atoms with Gasteiger partial charge in [-0.1, -0.05) is 13.8 Å². The van der Waals surface area contributed by atoms with Gasteiger partial charge >= 0.3 is 0 Å². The zero-order chi connectivity index (χ0) is 9.73. The molecule has 0 aromatic heterocycles. The van der Waals surface area contributed by atoms with Gasteiger partial charge in [-0.05, 0) is 19.3 Å². The molecule has 0 bridgehead atoms. The Morgan fingerprint density at radius 1 is 1.23 bits per heavy atom. The number of ether oxygens (including phenoxy) is 2. The number of aliphatic hydroxyl groups is 1. The van der Waals surface area contributed by atoms with Crippen molar-refractivity contribution in [2.75, 3.05) is 19.8 Å². The van der Waals surface area contributed by atoms with Crippen molar-refractivity contribution in [3.05, 3.63) is 0 Å². The van der Waals surface area contributed by atoms with E-state index < -0.39 is 0 Å². The van der Waals surface area contributed by atoms with Gasteiger partial charge in [0.15, 0.2) is 5.79 Å². The monoisotopic (exact) mass is 188 g/mol. The molecule has 78 valence electrons. The Balaban J connectivity index is 2.36. The molecular weight excluding hydrogens is 168 g/mol. The van der Waals surface area contributed by atoms with Crippen molar-refractivity contribution in [2.45, 2.75) is 38.9 Å². The highest BCUT2D eigenvalue weighted by molar-refractivity contribution is 4.73. The van der Waals surface area contributed by atoms with Crippen molar-refractivity contribution >= 4 is 0 Å². The van der Waals surface area contributed by atoms with Crippen molar-refractivity contribution in [3.63, 3.8) is 0 Å². The van der Waals surface area contributed by atoms with Gasteiger partial charge in [0.05, 0.1) is 13.2 Å². The summed E-state index contributed by atoms with van der Waals surface area (Å²) in [4.78, 5) is 0. The summed E-state index contributed by atoms with van der Waals surface area (Å²) in [6, 6.07) is 0. The molecule has 3 nitrogen and oxygen atoms in total. The Morgan fingerprint density at radius 2 is 1.77 bits per heavy atom. The number of hydrogen-bond donors (Lipinski definition) is 1. The van der Waals surface area contributed by atoms with Gasteiger partial charge in [0.1, 0.15) is 0 Å². The summed E-state index contributed by atoms with van der Waals surface area (Å²) in [7, 11) is 0. The molecule has 0 atom stereocenters. The summed E-state index contributed by atoms with van der Waals surface area (Å²) >= 11 is 0. The quantitative estimate of drug-likeness (QED) is 0.727. The van der Waals surface area contributed by atoms with E-state index in [4.69, 9.17) is 14.6 Å². The van der Waals surface area contributed by atoms with Gasteiger partial charge in [-0.2, -0.15) is 0 Å². The second kappa shape index (κ2) is 4.94. The van der Waals surface area contributed by atoms with Crippen LogP contribution in [0.2, 0.25) is 0 Å². The first-order valence-corrected chi connectivity index (χ1v) is 5.15. The zero-order valence-corrected chi connectivity index (χ0v) is 8.58. The summed E-state index contributed by atoms with van der Waals surface area (Å²) in [5, 5.41) is 8.75. The first-order chi connectivity index (χ1) is 6.26. The fraction of sp³-hybridized carbons (Fsp3) is 1.00. The smallest absolute Gasteiger partial charge is 0.167 e. The summed E-state index contributed by atoms with van der Waals surface area (Å²) in [5.74, 6) is 0.0302. The van der Waals surface area contributed by atoms with Crippen molar-refractivity contribution in [1.82, 2.24) is 0 Å². The van der Waals surface area contributed by atoms with Gasteiger partial charge in [0.25, 0.3) is 0 Å². The van der Waals surface area contributed by atoms with E-state index in [1.807, 2.05) is 0 Å². The predicted molar refractivity (Wildman–Crippen MR) is 50.4 cm³/mol. The van der Waals surface area contributed by atoms with Crippen LogP contribution in [0.25, 0.3) is 0 Å². The lowest BCUT2D eigenvalue weighted by atomic mass is 10.0. The molecule has 0 aromatic carbocycles. The molecule has 0 aromatic rings. The summed E-state index contributed by atoms with van der Waals surface area (Å²) in [6.45, 7) is 5.83. The van der Waals surface area contributed by atoms with Gasteiger partial charge < -0.3 is 14.6 Å². The second-order valence-corrected chi connectivity index (χ2v) is 3.62. The third kappa shape index (κ3) is 2.66. The lowest BCUT2D eigenvalue weighted by Gasteiger charge is -2.39. The third-order valence-electron chi connectivity index (χ3n) is 2.78. The topological polar surface area (TPSA) is 38.7 Å². The minimum atomic E-state index is -0.341. The SMILES string of the molecule is CCC1(CC)OCC(CCO)CO1. The van der Waals surface area contributed by atoms with E-state index in [2.05, 4.69) is 13.8 Å². The van der Waals surface area contributed by atoms with E-state index in [1.54, 1.807) is 0 Å². The average molecular weight is 188 g/mol. The Bertz CT molecular complexity index is 133. The van der Waals surface area contributed by atoms with Crippen molar-refractivity contribution in [3.8, 4) is 0 Å². The Labute approximate surface area is 80.0 Å². The molecule has 3 heteroatoms. The molecule has 0 unspecified atom stereocenters. The predicted octanol–water partition coefficient (Wildman–Crippen LogP) is 1.55. The fourth-order valence-electron chi connectivity index (χ4n) is 1.64. The van der Waals surface area contributed by atoms with Crippen LogP contribution in [0.3, 0.4) is 0 Å². The Hall–Kier alpha value is -0.120. The molecule has 0 radical (unpaired) electrons. The zero-order valence-electron chi connectivity index (χ0n) is 8.58. The highest BCUT2D eigenvalue weighted by Crippen LogP contribution is 2.28. The number of hydrogen-bond acceptors (Lipinski definition) is 3. The summed E-state index contributed by atoms with van der Waals surface area (Å²) in [5.41, 5.74) is 0. The molecule has 1 N–H and O–H groups in total. The molecule has 1 saturated heterocycles. The summed E-state index contributed by atoms with van der Waals surface area (Å²) < 4.78 is 11.4. The van der Waals surface area contributed by atoms with Crippen LogP contribution >= 0.6 is 0 Å². The first kappa shape index (κ1) is 11.0. The molecular formula is C10H20O3. The molecule has 0 saturated carbocycles. The lowest BCUT2D eigenvalue weighted by molar-refractivity contribution is -0.286. The van der Waals surface area contributed by atoms with Gasteiger partial charge in [0.2, 0.25) is 0 Å². The minimum Gasteiger partial charge on any atom is -0.396 e. The van der Waals surface area contributed by atoms with E-state index in [-0.39, 0.29) is 12.4 Å². The van der Waals surface area contributed by atoms with Crippen molar-refractivity contribution in [2.24, 2.45) is 5.92 Å². The van der Waals surface area contributed by atoms with Crippen LogP contribution in [0.4, 0.5) is 0 Å². The average Bonchev–Trinajstić information content (AvgIpc) is 2.20. The molecule has 1 fully saturated rings. The minimum absolute atomic E-state index is 0.225. The standard InChI is InChI=1S/C10H20O3/c1-3-10(4-2)12-7-9(5-6-11)8-13-10/h9,11H,3-8H2,1-2H3. The molecule has 1 aliphatic rings. The molecule has 13 heavy (non-hydrogen) atoms. The van der Waals surface area contributed by atoms with Gasteiger partial charge in [-0.25, -0.2) is 0 Å². The van der Waals surface area contributed by atoms with Crippen LogP contribution < -0.4 is 0 Å². The van der Waals surface area contributed by atoms with E-state index in [0.29, 0.717) is 5.92 Å². The van der Waals surface area contributed by atoms with Gasteiger partial charge in [-0.15, -0.1) is 0 Å². The van der Waals surface area contributed by atoms with Crippen LogP contribution in [-0.4, -0.2) is 30.7 Å². The van der Waals surface area contributed by atoms with Crippen molar-refractivity contribution in [1.29, 1.82) is 0 Å². The fourth-order valence-corrected chi connectivity index (χ4v) is 1.64. The summed E-state index contributed by atoms with van der Waals surface area (Å²) in [6.07, 6.45) is 2.58. The molecule has 0 amide bonds. The Morgan fingerprint density at radius 3 is 2.15 bits per heavy atom. The van der Waals surface area contributed by atoms with Crippen LogP contribution in [0, 0.1) is 5.92 Å². The van der Waals surface area contributed by atoms with Gasteiger partial charge in [-0.3, -0.25) is 0 Å². The van der Waals surface area contributed by atoms with E-state index in [0.717, 1.165) is 32.5 Å². The highest BCUT2D eigenvalue weighted by atomic mass is 16.7. The maximum atomic E-state index is 8.75. The molecule has 1 heterocycles. The van der Waals surface area contributed by atoms with Crippen LogP contribution in [0.5, 0.6) is 0 Å².